The smallest absolute Gasteiger partial charge is 0.0673 e. The van der Waals surface area contributed by atoms with Crippen molar-refractivity contribution in [1.82, 2.24) is 4.90 Å². The SMILES string of the molecule is COCC1=CCN(CCC(N)C(C)(C)C)CC1. The highest BCUT2D eigenvalue weighted by Crippen LogP contribution is 2.20. The van der Waals surface area contributed by atoms with Crippen molar-refractivity contribution in [2.75, 3.05) is 33.4 Å². The molecular formula is C14H28N2O. The van der Waals surface area contributed by atoms with Gasteiger partial charge < -0.3 is 10.5 Å². The average molecular weight is 240 g/mol. The Balaban J connectivity index is 2.27. The van der Waals surface area contributed by atoms with E-state index in [1.165, 1.54) is 5.57 Å². The van der Waals surface area contributed by atoms with Gasteiger partial charge in [0.25, 0.3) is 0 Å². The molecule has 1 atom stereocenters. The molecule has 0 saturated heterocycles. The van der Waals surface area contributed by atoms with E-state index < -0.39 is 0 Å². The van der Waals surface area contributed by atoms with Gasteiger partial charge in [-0.25, -0.2) is 0 Å². The third-order valence-corrected chi connectivity index (χ3v) is 3.59. The molecule has 1 heterocycles. The minimum Gasteiger partial charge on any atom is -0.380 e. The van der Waals surface area contributed by atoms with E-state index >= 15 is 0 Å². The zero-order chi connectivity index (χ0) is 12.9. The maximum atomic E-state index is 6.18. The van der Waals surface area contributed by atoms with Crippen LogP contribution in [0.1, 0.15) is 33.6 Å². The van der Waals surface area contributed by atoms with Crippen molar-refractivity contribution in [3.05, 3.63) is 11.6 Å². The van der Waals surface area contributed by atoms with Crippen LogP contribution in [0.5, 0.6) is 0 Å². The average Bonchev–Trinajstić information content (AvgIpc) is 2.27. The van der Waals surface area contributed by atoms with Crippen LogP contribution < -0.4 is 5.73 Å². The second-order valence-electron chi connectivity index (χ2n) is 6.11. The lowest BCUT2D eigenvalue weighted by atomic mass is 9.85. The molecule has 0 fully saturated rings. The number of methoxy groups -OCH3 is 1. The molecule has 0 aromatic carbocycles. The molecule has 1 unspecified atom stereocenters. The molecule has 100 valence electrons. The minimum absolute atomic E-state index is 0.215. The van der Waals surface area contributed by atoms with E-state index in [0.29, 0.717) is 0 Å². The predicted octanol–water partition coefficient (Wildman–Crippen LogP) is 2.03. The van der Waals surface area contributed by atoms with Crippen LogP contribution in [0.3, 0.4) is 0 Å². The van der Waals surface area contributed by atoms with Crippen LogP contribution in [-0.4, -0.2) is 44.3 Å². The van der Waals surface area contributed by atoms with E-state index in [0.717, 1.165) is 39.1 Å². The van der Waals surface area contributed by atoms with Gasteiger partial charge >= 0.3 is 0 Å². The Morgan fingerprint density at radius 2 is 2.18 bits per heavy atom. The van der Waals surface area contributed by atoms with Crippen LogP contribution in [0.15, 0.2) is 11.6 Å². The lowest BCUT2D eigenvalue weighted by Crippen LogP contribution is -2.39. The first kappa shape index (κ1) is 14.7. The van der Waals surface area contributed by atoms with Crippen molar-refractivity contribution in [2.45, 2.75) is 39.7 Å². The minimum atomic E-state index is 0.215. The van der Waals surface area contributed by atoms with Crippen molar-refractivity contribution in [3.63, 3.8) is 0 Å². The predicted molar refractivity (Wildman–Crippen MR) is 73.1 cm³/mol. The summed E-state index contributed by atoms with van der Waals surface area (Å²) in [5.41, 5.74) is 7.83. The Bertz CT molecular complexity index is 255. The summed E-state index contributed by atoms with van der Waals surface area (Å²) in [6.45, 7) is 10.7. The summed E-state index contributed by atoms with van der Waals surface area (Å²) < 4.78 is 5.15. The zero-order valence-corrected chi connectivity index (χ0v) is 11.8. The van der Waals surface area contributed by atoms with Crippen molar-refractivity contribution in [1.29, 1.82) is 0 Å². The van der Waals surface area contributed by atoms with Gasteiger partial charge in [-0.05, 0) is 30.4 Å². The summed E-state index contributed by atoms with van der Waals surface area (Å²) in [6.07, 6.45) is 4.52. The van der Waals surface area contributed by atoms with Crippen LogP contribution in [0.4, 0.5) is 0 Å². The second kappa shape index (κ2) is 6.53. The monoisotopic (exact) mass is 240 g/mol. The van der Waals surface area contributed by atoms with Gasteiger partial charge in [0.15, 0.2) is 0 Å². The molecule has 1 aliphatic heterocycles. The highest BCUT2D eigenvalue weighted by molar-refractivity contribution is 5.07. The van der Waals surface area contributed by atoms with Gasteiger partial charge in [-0.3, -0.25) is 4.90 Å². The first-order valence-electron chi connectivity index (χ1n) is 6.58. The lowest BCUT2D eigenvalue weighted by Gasteiger charge is -2.31. The Hall–Kier alpha value is -0.380. The van der Waals surface area contributed by atoms with E-state index in [1.807, 2.05) is 0 Å². The highest BCUT2D eigenvalue weighted by Gasteiger charge is 2.21. The molecule has 0 aliphatic carbocycles. The molecular weight excluding hydrogens is 212 g/mol. The largest absolute Gasteiger partial charge is 0.380 e. The van der Waals surface area contributed by atoms with Gasteiger partial charge in [-0.15, -0.1) is 0 Å². The van der Waals surface area contributed by atoms with E-state index in [1.54, 1.807) is 7.11 Å². The first-order valence-corrected chi connectivity index (χ1v) is 6.58. The molecule has 3 nitrogen and oxygen atoms in total. The quantitative estimate of drug-likeness (QED) is 0.747. The molecule has 0 aromatic heterocycles. The number of ether oxygens (including phenoxy) is 1. The Labute approximate surface area is 106 Å². The van der Waals surface area contributed by atoms with Gasteiger partial charge in [0.05, 0.1) is 6.61 Å². The summed E-state index contributed by atoms with van der Waals surface area (Å²) in [5.74, 6) is 0. The maximum Gasteiger partial charge on any atom is 0.0673 e. The van der Waals surface area contributed by atoms with Crippen molar-refractivity contribution >= 4 is 0 Å². The highest BCUT2D eigenvalue weighted by atomic mass is 16.5. The molecule has 2 N–H and O–H groups in total. The number of nitrogens with two attached hydrogens (primary N) is 1. The van der Waals surface area contributed by atoms with E-state index in [2.05, 4.69) is 31.7 Å². The van der Waals surface area contributed by atoms with Crippen molar-refractivity contribution in [3.8, 4) is 0 Å². The van der Waals surface area contributed by atoms with E-state index in [4.69, 9.17) is 10.5 Å². The van der Waals surface area contributed by atoms with E-state index in [9.17, 15) is 0 Å². The fraction of sp³-hybridized carbons (Fsp3) is 0.857. The van der Waals surface area contributed by atoms with Gasteiger partial charge in [-0.2, -0.15) is 0 Å². The normalized spacial score (nSPS) is 20.2. The fourth-order valence-corrected chi connectivity index (χ4v) is 2.03. The Morgan fingerprint density at radius 1 is 1.47 bits per heavy atom. The number of nitrogens with zero attached hydrogens (tertiary/aromatic N) is 1. The van der Waals surface area contributed by atoms with Gasteiger partial charge in [-0.1, -0.05) is 26.8 Å². The summed E-state index contributed by atoms with van der Waals surface area (Å²) in [7, 11) is 1.76. The topological polar surface area (TPSA) is 38.5 Å². The zero-order valence-electron chi connectivity index (χ0n) is 11.8. The van der Waals surface area contributed by atoms with Crippen LogP contribution in [0, 0.1) is 5.41 Å². The van der Waals surface area contributed by atoms with Crippen LogP contribution in [-0.2, 0) is 4.74 Å². The molecule has 0 saturated carbocycles. The van der Waals surface area contributed by atoms with Crippen molar-refractivity contribution in [2.24, 2.45) is 11.1 Å². The number of hydrogen-bond acceptors (Lipinski definition) is 3. The molecule has 0 aromatic rings. The second-order valence-corrected chi connectivity index (χ2v) is 6.11. The third-order valence-electron chi connectivity index (χ3n) is 3.59. The summed E-state index contributed by atoms with van der Waals surface area (Å²) in [4.78, 5) is 2.48. The Kier molecular flexibility index (Phi) is 5.63. The van der Waals surface area contributed by atoms with Crippen LogP contribution >= 0.6 is 0 Å². The van der Waals surface area contributed by atoms with E-state index in [-0.39, 0.29) is 11.5 Å². The number of hydrogen-bond donors (Lipinski definition) is 1. The molecule has 17 heavy (non-hydrogen) atoms. The maximum absolute atomic E-state index is 6.18. The molecule has 0 bridgehead atoms. The van der Waals surface area contributed by atoms with Gasteiger partial charge in [0, 0.05) is 26.2 Å². The fourth-order valence-electron chi connectivity index (χ4n) is 2.03. The number of rotatable bonds is 5. The molecule has 0 spiro atoms. The summed E-state index contributed by atoms with van der Waals surface area (Å²) >= 11 is 0. The lowest BCUT2D eigenvalue weighted by molar-refractivity contribution is 0.205. The third kappa shape index (κ3) is 5.19. The van der Waals surface area contributed by atoms with Crippen LogP contribution in [0.25, 0.3) is 0 Å². The molecule has 1 aliphatic rings. The van der Waals surface area contributed by atoms with Gasteiger partial charge in [0.2, 0.25) is 0 Å². The summed E-state index contributed by atoms with van der Waals surface area (Å²) in [5, 5.41) is 0. The summed E-state index contributed by atoms with van der Waals surface area (Å²) in [6, 6.07) is 0.284. The Morgan fingerprint density at radius 3 is 2.65 bits per heavy atom. The van der Waals surface area contributed by atoms with Gasteiger partial charge in [0.1, 0.15) is 0 Å². The van der Waals surface area contributed by atoms with Crippen LogP contribution in [0.2, 0.25) is 0 Å². The molecule has 0 amide bonds. The molecule has 1 rings (SSSR count). The van der Waals surface area contributed by atoms with Crippen molar-refractivity contribution < 1.29 is 4.74 Å². The molecule has 3 heteroatoms. The first-order chi connectivity index (χ1) is 7.93. The molecule has 0 radical (unpaired) electrons. The standard InChI is InChI=1S/C14H28N2O/c1-14(2,3)13(15)7-10-16-8-5-12(6-9-16)11-17-4/h5,13H,6-11,15H2,1-4H3.